The molecule has 3 heteroatoms. The van der Waals surface area contributed by atoms with Gasteiger partial charge in [-0.3, -0.25) is 0 Å². The van der Waals surface area contributed by atoms with Crippen LogP contribution in [-0.4, -0.2) is 4.57 Å². The maximum Gasteiger partial charge on any atom is 0.0492 e. The van der Waals surface area contributed by atoms with Gasteiger partial charge in [-0.15, -0.1) is 0 Å². The zero-order valence-corrected chi connectivity index (χ0v) is 19.6. The van der Waals surface area contributed by atoms with Crippen molar-refractivity contribution in [3.05, 3.63) is 45.3 Å². The van der Waals surface area contributed by atoms with E-state index in [1.165, 1.54) is 86.0 Å². The first-order valence-corrected chi connectivity index (χ1v) is 12.2. The molecule has 0 bridgehead atoms. The molecule has 0 unspecified atom stereocenters. The summed E-state index contributed by atoms with van der Waals surface area (Å²) in [7, 11) is 0. The molecule has 0 aliphatic carbocycles. The van der Waals surface area contributed by atoms with Crippen molar-refractivity contribution < 1.29 is 0 Å². The van der Waals surface area contributed by atoms with Gasteiger partial charge < -0.3 is 4.57 Å². The second-order valence-corrected chi connectivity index (χ2v) is 9.49. The fraction of sp³-hybridized carbons (Fsp3) is 0.500. The predicted octanol–water partition coefficient (Wildman–Crippen LogP) is 9.24. The summed E-state index contributed by atoms with van der Waals surface area (Å²) in [5.41, 5.74) is 2.70. The lowest BCUT2D eigenvalue weighted by molar-refractivity contribution is 0.541. The fourth-order valence-corrected chi connectivity index (χ4v) is 4.77. The lowest BCUT2D eigenvalue weighted by Gasteiger charge is -2.08. The maximum absolute atomic E-state index is 3.63. The third kappa shape index (κ3) is 5.60. The van der Waals surface area contributed by atoms with Crippen LogP contribution in [0.5, 0.6) is 0 Å². The lowest BCUT2D eigenvalue weighted by atomic mass is 10.1. The van der Waals surface area contributed by atoms with E-state index in [0.717, 1.165) is 15.5 Å². The Balaban J connectivity index is 1.55. The van der Waals surface area contributed by atoms with E-state index in [9.17, 15) is 0 Å². The number of hydrogen-bond acceptors (Lipinski definition) is 0. The van der Waals surface area contributed by atoms with Crippen LogP contribution < -0.4 is 0 Å². The second-order valence-electron chi connectivity index (χ2n) is 7.66. The summed E-state index contributed by atoms with van der Waals surface area (Å²) in [4.78, 5) is 0. The van der Waals surface area contributed by atoms with E-state index in [4.69, 9.17) is 0 Å². The van der Waals surface area contributed by atoms with Crippen LogP contribution in [0.1, 0.15) is 71.1 Å². The summed E-state index contributed by atoms with van der Waals surface area (Å²) >= 11 is 7.26. The highest BCUT2D eigenvalue weighted by molar-refractivity contribution is 9.10. The number of halogens is 2. The van der Waals surface area contributed by atoms with Gasteiger partial charge in [0.1, 0.15) is 0 Å². The van der Waals surface area contributed by atoms with Crippen molar-refractivity contribution in [2.24, 2.45) is 0 Å². The summed E-state index contributed by atoms with van der Waals surface area (Å²) in [5, 5.41) is 2.68. The molecule has 2 aromatic carbocycles. The molecule has 1 heterocycles. The molecule has 1 nitrogen and oxygen atoms in total. The molecule has 0 amide bonds. The number of aromatic nitrogens is 1. The van der Waals surface area contributed by atoms with Gasteiger partial charge in [-0.1, -0.05) is 96.6 Å². The fourth-order valence-electron chi connectivity index (χ4n) is 4.05. The zero-order valence-electron chi connectivity index (χ0n) is 16.4. The van der Waals surface area contributed by atoms with Gasteiger partial charge in [-0.2, -0.15) is 0 Å². The Bertz CT molecular complexity index is 806. The molecule has 146 valence electrons. The van der Waals surface area contributed by atoms with Crippen molar-refractivity contribution in [1.82, 2.24) is 4.57 Å². The summed E-state index contributed by atoms with van der Waals surface area (Å²) in [6, 6.07) is 13.3. The largest absolute Gasteiger partial charge is 0.340 e. The van der Waals surface area contributed by atoms with Crippen LogP contribution in [0.15, 0.2) is 45.3 Å². The van der Waals surface area contributed by atoms with E-state index >= 15 is 0 Å². The molecular formula is C24H31Br2N. The molecule has 0 aliphatic heterocycles. The SMILES string of the molecule is CCCCCCCCCCCCn1c2ccc(Br)cc2c2cc(Br)ccc21. The second kappa shape index (κ2) is 10.7. The number of benzene rings is 2. The normalized spacial score (nSPS) is 11.7. The average molecular weight is 493 g/mol. The molecule has 0 atom stereocenters. The smallest absolute Gasteiger partial charge is 0.0492 e. The predicted molar refractivity (Wildman–Crippen MR) is 127 cm³/mol. The van der Waals surface area contributed by atoms with Crippen molar-refractivity contribution in [2.75, 3.05) is 0 Å². The van der Waals surface area contributed by atoms with Crippen LogP contribution in [0.25, 0.3) is 21.8 Å². The van der Waals surface area contributed by atoms with E-state index in [-0.39, 0.29) is 0 Å². The van der Waals surface area contributed by atoms with Gasteiger partial charge in [0, 0.05) is 37.3 Å². The Kier molecular flexibility index (Phi) is 8.26. The molecular weight excluding hydrogens is 462 g/mol. The van der Waals surface area contributed by atoms with Crippen LogP contribution in [-0.2, 0) is 6.54 Å². The average Bonchev–Trinajstić information content (AvgIpc) is 2.95. The molecule has 3 rings (SSSR count). The maximum atomic E-state index is 3.63. The Hall–Kier alpha value is -0.800. The Morgan fingerprint density at radius 2 is 1.07 bits per heavy atom. The van der Waals surface area contributed by atoms with Crippen molar-refractivity contribution in [3.63, 3.8) is 0 Å². The quantitative estimate of drug-likeness (QED) is 0.235. The standard InChI is InChI=1S/C24H31Br2N/c1-2-3-4-5-6-7-8-9-10-11-16-27-23-14-12-19(25)17-21(23)22-18-20(26)13-15-24(22)27/h12-15,17-18H,2-11,16H2,1H3. The number of nitrogens with zero attached hydrogens (tertiary/aromatic N) is 1. The van der Waals surface area contributed by atoms with E-state index < -0.39 is 0 Å². The number of fused-ring (bicyclic) bond motifs is 3. The number of aryl methyl sites for hydroxylation is 1. The van der Waals surface area contributed by atoms with Gasteiger partial charge in [0.2, 0.25) is 0 Å². The van der Waals surface area contributed by atoms with E-state index in [0.29, 0.717) is 0 Å². The van der Waals surface area contributed by atoms with Gasteiger partial charge in [0.05, 0.1) is 0 Å². The highest BCUT2D eigenvalue weighted by atomic mass is 79.9. The minimum Gasteiger partial charge on any atom is -0.340 e. The Labute approximate surface area is 180 Å². The minimum atomic E-state index is 1.11. The topological polar surface area (TPSA) is 4.93 Å². The number of hydrogen-bond donors (Lipinski definition) is 0. The molecule has 0 saturated carbocycles. The Morgan fingerprint density at radius 3 is 1.56 bits per heavy atom. The summed E-state index contributed by atoms with van der Waals surface area (Å²) in [6.07, 6.45) is 13.8. The summed E-state index contributed by atoms with van der Waals surface area (Å²) in [5.74, 6) is 0. The molecule has 3 aromatic rings. The van der Waals surface area contributed by atoms with Crippen molar-refractivity contribution in [3.8, 4) is 0 Å². The highest BCUT2D eigenvalue weighted by Crippen LogP contribution is 2.33. The Morgan fingerprint density at radius 1 is 0.630 bits per heavy atom. The molecule has 0 fully saturated rings. The molecule has 0 radical (unpaired) electrons. The van der Waals surface area contributed by atoms with E-state index in [2.05, 4.69) is 79.7 Å². The molecule has 0 aliphatic rings. The first kappa shape index (κ1) is 20.9. The zero-order chi connectivity index (χ0) is 19.1. The van der Waals surface area contributed by atoms with Gasteiger partial charge in [-0.05, 0) is 42.8 Å². The van der Waals surface area contributed by atoms with Gasteiger partial charge in [0.25, 0.3) is 0 Å². The van der Waals surface area contributed by atoms with Crippen LogP contribution in [0.3, 0.4) is 0 Å². The molecule has 0 spiro atoms. The van der Waals surface area contributed by atoms with Crippen LogP contribution in [0.2, 0.25) is 0 Å². The highest BCUT2D eigenvalue weighted by Gasteiger charge is 2.11. The van der Waals surface area contributed by atoms with Crippen LogP contribution in [0.4, 0.5) is 0 Å². The first-order chi connectivity index (χ1) is 13.2. The van der Waals surface area contributed by atoms with E-state index in [1.807, 2.05) is 0 Å². The summed E-state index contributed by atoms with van der Waals surface area (Å²) in [6.45, 7) is 3.40. The van der Waals surface area contributed by atoms with Crippen molar-refractivity contribution >= 4 is 53.7 Å². The van der Waals surface area contributed by atoms with Gasteiger partial charge in [-0.25, -0.2) is 0 Å². The van der Waals surface area contributed by atoms with Crippen molar-refractivity contribution in [2.45, 2.75) is 77.7 Å². The molecule has 0 saturated heterocycles. The molecule has 0 N–H and O–H groups in total. The van der Waals surface area contributed by atoms with Crippen LogP contribution in [0, 0.1) is 0 Å². The van der Waals surface area contributed by atoms with E-state index in [1.54, 1.807) is 0 Å². The summed E-state index contributed by atoms with van der Waals surface area (Å²) < 4.78 is 4.80. The monoisotopic (exact) mass is 491 g/mol. The van der Waals surface area contributed by atoms with Gasteiger partial charge in [0.15, 0.2) is 0 Å². The van der Waals surface area contributed by atoms with Gasteiger partial charge >= 0.3 is 0 Å². The third-order valence-electron chi connectivity index (χ3n) is 5.52. The third-order valence-corrected chi connectivity index (χ3v) is 6.51. The number of unbranched alkanes of at least 4 members (excludes halogenated alkanes) is 9. The van der Waals surface area contributed by atoms with Crippen molar-refractivity contribution in [1.29, 1.82) is 0 Å². The minimum absolute atomic E-state index is 1.11. The van der Waals surface area contributed by atoms with Crippen LogP contribution >= 0.6 is 31.9 Å². The molecule has 27 heavy (non-hydrogen) atoms. The first-order valence-electron chi connectivity index (χ1n) is 10.6. The molecule has 1 aromatic heterocycles. The lowest BCUT2D eigenvalue weighted by Crippen LogP contribution is -1.97. The number of rotatable bonds is 11.